The molecule has 6 heteroatoms. The summed E-state index contributed by atoms with van der Waals surface area (Å²) in [4.78, 5) is 24.6. The van der Waals surface area contributed by atoms with Crippen molar-refractivity contribution in [1.29, 1.82) is 0 Å². The van der Waals surface area contributed by atoms with E-state index in [0.717, 1.165) is 28.6 Å². The van der Waals surface area contributed by atoms with Gasteiger partial charge in [-0.05, 0) is 37.6 Å². The zero-order valence-electron chi connectivity index (χ0n) is 16.6. The van der Waals surface area contributed by atoms with Crippen molar-refractivity contribution in [2.75, 3.05) is 13.2 Å². The van der Waals surface area contributed by atoms with Crippen molar-refractivity contribution in [3.8, 4) is 11.5 Å². The summed E-state index contributed by atoms with van der Waals surface area (Å²) in [5.41, 5.74) is 2.45. The van der Waals surface area contributed by atoms with Crippen molar-refractivity contribution < 1.29 is 19.1 Å². The lowest BCUT2D eigenvalue weighted by Gasteiger charge is -2.17. The third kappa shape index (κ3) is 3.97. The number of aromatic nitrogens is 1. The fraction of sp³-hybridized carbons (Fsp3) is 0.304. The number of carbonyl (C=O) groups is 2. The van der Waals surface area contributed by atoms with E-state index in [2.05, 4.69) is 5.32 Å². The largest absolute Gasteiger partial charge is 0.490 e. The Morgan fingerprint density at radius 2 is 1.86 bits per heavy atom. The van der Waals surface area contributed by atoms with Gasteiger partial charge in [-0.1, -0.05) is 24.3 Å². The van der Waals surface area contributed by atoms with Crippen molar-refractivity contribution in [2.24, 2.45) is 0 Å². The topological polar surface area (TPSA) is 69.6 Å². The molecule has 0 bridgehead atoms. The van der Waals surface area contributed by atoms with Gasteiger partial charge in [0.2, 0.25) is 5.91 Å². The molecule has 1 unspecified atom stereocenters. The molecule has 0 fully saturated rings. The van der Waals surface area contributed by atoms with Crippen molar-refractivity contribution in [2.45, 2.75) is 32.9 Å². The molecule has 1 atom stereocenters. The molecule has 150 valence electrons. The van der Waals surface area contributed by atoms with Gasteiger partial charge in [0.15, 0.2) is 17.3 Å². The normalized spacial score (nSPS) is 14.3. The molecule has 1 aliphatic rings. The quantitative estimate of drug-likeness (QED) is 0.669. The van der Waals surface area contributed by atoms with Crippen LogP contribution in [0.2, 0.25) is 0 Å². The number of carbonyl (C=O) groups excluding carboxylic acids is 2. The number of hydrogen-bond donors (Lipinski definition) is 1. The van der Waals surface area contributed by atoms with Crippen LogP contribution in [-0.4, -0.2) is 29.5 Å². The van der Waals surface area contributed by atoms with Gasteiger partial charge in [-0.2, -0.15) is 0 Å². The van der Waals surface area contributed by atoms with E-state index >= 15 is 0 Å². The van der Waals surface area contributed by atoms with Gasteiger partial charge in [-0.25, -0.2) is 0 Å². The predicted octanol–water partition coefficient (Wildman–Crippen LogP) is 3.88. The maximum atomic E-state index is 12.7. The Morgan fingerprint density at radius 3 is 2.66 bits per heavy atom. The third-order valence-corrected chi connectivity index (χ3v) is 5.13. The van der Waals surface area contributed by atoms with E-state index in [9.17, 15) is 9.59 Å². The lowest BCUT2D eigenvalue weighted by molar-refractivity contribution is -0.122. The average Bonchev–Trinajstić information content (AvgIpc) is 2.90. The van der Waals surface area contributed by atoms with E-state index in [1.807, 2.05) is 54.0 Å². The number of nitrogens with one attached hydrogen (secondary N) is 1. The van der Waals surface area contributed by atoms with Crippen LogP contribution in [0.15, 0.2) is 48.7 Å². The molecular formula is C23H24N2O4. The van der Waals surface area contributed by atoms with Crippen LogP contribution in [0.1, 0.15) is 42.2 Å². The van der Waals surface area contributed by atoms with Crippen molar-refractivity contribution in [1.82, 2.24) is 9.88 Å². The maximum Gasteiger partial charge on any atom is 0.240 e. The highest BCUT2D eigenvalue weighted by Crippen LogP contribution is 2.32. The first-order chi connectivity index (χ1) is 14.0. The number of ether oxygens (including phenoxy) is 2. The third-order valence-electron chi connectivity index (χ3n) is 5.13. The van der Waals surface area contributed by atoms with Crippen molar-refractivity contribution >= 4 is 22.6 Å². The van der Waals surface area contributed by atoms with Gasteiger partial charge in [0.1, 0.15) is 6.54 Å². The van der Waals surface area contributed by atoms with E-state index in [1.54, 1.807) is 13.1 Å². The van der Waals surface area contributed by atoms with Gasteiger partial charge in [0, 0.05) is 29.1 Å². The summed E-state index contributed by atoms with van der Waals surface area (Å²) < 4.78 is 13.2. The maximum absolute atomic E-state index is 12.7. The lowest BCUT2D eigenvalue weighted by atomic mass is 10.1. The molecule has 1 aliphatic heterocycles. The highest BCUT2D eigenvalue weighted by atomic mass is 16.5. The summed E-state index contributed by atoms with van der Waals surface area (Å²) in [7, 11) is 0. The molecule has 0 spiro atoms. The summed E-state index contributed by atoms with van der Waals surface area (Å²) >= 11 is 0. The second-order valence-electron chi connectivity index (χ2n) is 7.29. The van der Waals surface area contributed by atoms with E-state index < -0.39 is 0 Å². The summed E-state index contributed by atoms with van der Waals surface area (Å²) in [5, 5.41) is 3.89. The Kier molecular flexibility index (Phi) is 5.25. The fourth-order valence-corrected chi connectivity index (χ4v) is 3.63. The Balaban J connectivity index is 1.50. The van der Waals surface area contributed by atoms with Crippen LogP contribution in [-0.2, 0) is 11.3 Å². The molecule has 6 nitrogen and oxygen atoms in total. The smallest absolute Gasteiger partial charge is 0.240 e. The van der Waals surface area contributed by atoms with E-state index in [4.69, 9.17) is 9.47 Å². The Labute approximate surface area is 169 Å². The second kappa shape index (κ2) is 7.99. The number of rotatable bonds is 5. The predicted molar refractivity (Wildman–Crippen MR) is 111 cm³/mol. The van der Waals surface area contributed by atoms with Crippen LogP contribution in [0, 0.1) is 0 Å². The molecule has 1 N–H and O–H groups in total. The molecule has 0 saturated carbocycles. The zero-order chi connectivity index (χ0) is 20.4. The zero-order valence-corrected chi connectivity index (χ0v) is 16.6. The van der Waals surface area contributed by atoms with Gasteiger partial charge in [-0.15, -0.1) is 0 Å². The van der Waals surface area contributed by atoms with Crippen molar-refractivity contribution in [3.63, 3.8) is 0 Å². The molecule has 0 radical (unpaired) electrons. The van der Waals surface area contributed by atoms with E-state index in [0.29, 0.717) is 24.5 Å². The number of hydrogen-bond acceptors (Lipinski definition) is 4. The minimum absolute atomic E-state index is 0.0130. The number of Topliss-reactive ketones (excluding diaryl/α,β-unsaturated/α-hetero) is 1. The van der Waals surface area contributed by atoms with E-state index in [-0.39, 0.29) is 24.3 Å². The standard InChI is InChI=1S/C23H24N2O4/c1-15(17-8-9-21-22(12-17)29-11-5-10-28-21)24-23(27)14-25-13-19(16(2)26)18-6-3-4-7-20(18)25/h3-4,6-9,12-13,15H,5,10-11,14H2,1-2H3,(H,24,27). The van der Waals surface area contributed by atoms with Crippen LogP contribution >= 0.6 is 0 Å². The molecule has 1 amide bonds. The average molecular weight is 392 g/mol. The molecular weight excluding hydrogens is 368 g/mol. The Bertz CT molecular complexity index is 1070. The van der Waals surface area contributed by atoms with Gasteiger partial charge in [0.05, 0.1) is 19.3 Å². The Hall–Kier alpha value is -3.28. The highest BCUT2D eigenvalue weighted by Gasteiger charge is 2.17. The fourth-order valence-electron chi connectivity index (χ4n) is 3.63. The van der Waals surface area contributed by atoms with Crippen molar-refractivity contribution in [3.05, 3.63) is 59.8 Å². The van der Waals surface area contributed by atoms with Crippen LogP contribution in [0.5, 0.6) is 11.5 Å². The molecule has 0 saturated heterocycles. The minimum atomic E-state index is -0.186. The molecule has 1 aromatic heterocycles. The summed E-state index contributed by atoms with van der Waals surface area (Å²) in [6.45, 7) is 4.88. The molecule has 29 heavy (non-hydrogen) atoms. The molecule has 0 aliphatic carbocycles. The number of nitrogens with zero attached hydrogens (tertiary/aromatic N) is 1. The van der Waals surface area contributed by atoms with Gasteiger partial charge < -0.3 is 19.4 Å². The second-order valence-corrected chi connectivity index (χ2v) is 7.29. The molecule has 3 aromatic rings. The van der Waals surface area contributed by atoms with Crippen LogP contribution < -0.4 is 14.8 Å². The first kappa shape index (κ1) is 19.1. The van der Waals surface area contributed by atoms with Gasteiger partial charge >= 0.3 is 0 Å². The Morgan fingerprint density at radius 1 is 1.10 bits per heavy atom. The number of ketones is 1. The summed E-state index contributed by atoms with van der Waals surface area (Å²) in [6.07, 6.45) is 2.61. The number of fused-ring (bicyclic) bond motifs is 2. The lowest BCUT2D eigenvalue weighted by Crippen LogP contribution is -2.30. The SMILES string of the molecule is CC(=O)c1cn(CC(=O)NC(C)c2ccc3c(c2)OCCCO3)c2ccccc12. The molecule has 4 rings (SSSR count). The minimum Gasteiger partial charge on any atom is -0.490 e. The van der Waals surface area contributed by atoms with Gasteiger partial charge in [-0.3, -0.25) is 9.59 Å². The van der Waals surface area contributed by atoms with Gasteiger partial charge in [0.25, 0.3) is 0 Å². The monoisotopic (exact) mass is 392 g/mol. The highest BCUT2D eigenvalue weighted by molar-refractivity contribution is 6.07. The number of para-hydroxylation sites is 1. The number of benzene rings is 2. The van der Waals surface area contributed by atoms with Crippen LogP contribution in [0.3, 0.4) is 0 Å². The first-order valence-corrected chi connectivity index (χ1v) is 9.80. The summed E-state index contributed by atoms with van der Waals surface area (Å²) in [5.74, 6) is 1.31. The first-order valence-electron chi connectivity index (χ1n) is 9.80. The molecule has 2 aromatic carbocycles. The summed E-state index contributed by atoms with van der Waals surface area (Å²) in [6, 6.07) is 13.2. The molecule has 2 heterocycles. The van der Waals surface area contributed by atoms with Crippen LogP contribution in [0.25, 0.3) is 10.9 Å². The van der Waals surface area contributed by atoms with Crippen LogP contribution in [0.4, 0.5) is 0 Å². The van der Waals surface area contributed by atoms with E-state index in [1.165, 1.54) is 0 Å². The number of amides is 1.